The second-order valence-electron chi connectivity index (χ2n) is 5.29. The molecule has 0 radical (unpaired) electrons. The van der Waals surface area contributed by atoms with E-state index in [1.54, 1.807) is 0 Å². The quantitative estimate of drug-likeness (QED) is 0.540. The number of aliphatic hydroxyl groups is 1. The van der Waals surface area contributed by atoms with Crippen molar-refractivity contribution < 1.29 is 14.6 Å². The zero-order chi connectivity index (χ0) is 12.6. The lowest BCUT2D eigenvalue weighted by Crippen LogP contribution is -2.26. The van der Waals surface area contributed by atoms with Crippen LogP contribution in [0.1, 0.15) is 66.2 Å². The van der Waals surface area contributed by atoms with Gasteiger partial charge in [-0.1, -0.05) is 32.6 Å². The number of carbonyl (C=O) groups excluding carboxylic acids is 1. The van der Waals surface area contributed by atoms with Crippen molar-refractivity contribution in [2.45, 2.75) is 77.9 Å². The molecule has 1 unspecified atom stereocenters. The van der Waals surface area contributed by atoms with Crippen LogP contribution in [0.2, 0.25) is 0 Å². The van der Waals surface area contributed by atoms with E-state index in [0.29, 0.717) is 6.42 Å². The predicted octanol–water partition coefficient (Wildman–Crippen LogP) is 3.05. The summed E-state index contributed by atoms with van der Waals surface area (Å²) in [6.07, 6.45) is 4.75. The van der Waals surface area contributed by atoms with Crippen molar-refractivity contribution in [2.75, 3.05) is 0 Å². The van der Waals surface area contributed by atoms with Gasteiger partial charge in [0.1, 0.15) is 5.60 Å². The molecule has 0 aliphatic heterocycles. The molecule has 0 spiro atoms. The molecule has 0 saturated heterocycles. The first-order valence-electron chi connectivity index (χ1n) is 6.25. The molecular weight excluding hydrogens is 204 g/mol. The minimum Gasteiger partial charge on any atom is -0.460 e. The standard InChI is InChI=1S/C13H26O3/c1-5-6-7-8-9-11(14)10-12(15)16-13(2,3)4/h11,14H,5-10H2,1-4H3. The third-order valence-electron chi connectivity index (χ3n) is 2.21. The maximum atomic E-state index is 11.4. The molecule has 0 aliphatic rings. The highest BCUT2D eigenvalue weighted by molar-refractivity contribution is 5.70. The molecule has 16 heavy (non-hydrogen) atoms. The zero-order valence-electron chi connectivity index (χ0n) is 11.1. The third kappa shape index (κ3) is 9.97. The van der Waals surface area contributed by atoms with Gasteiger partial charge >= 0.3 is 5.97 Å². The maximum Gasteiger partial charge on any atom is 0.308 e. The third-order valence-corrected chi connectivity index (χ3v) is 2.21. The van der Waals surface area contributed by atoms with Crippen LogP contribution in [0.25, 0.3) is 0 Å². The summed E-state index contributed by atoms with van der Waals surface area (Å²) >= 11 is 0. The minimum absolute atomic E-state index is 0.114. The van der Waals surface area contributed by atoms with E-state index in [-0.39, 0.29) is 12.4 Å². The van der Waals surface area contributed by atoms with Gasteiger partial charge < -0.3 is 9.84 Å². The van der Waals surface area contributed by atoms with Gasteiger partial charge in [-0.2, -0.15) is 0 Å². The molecule has 1 N–H and O–H groups in total. The van der Waals surface area contributed by atoms with Gasteiger partial charge in [-0.3, -0.25) is 4.79 Å². The van der Waals surface area contributed by atoms with Gasteiger partial charge in [0.15, 0.2) is 0 Å². The van der Waals surface area contributed by atoms with E-state index in [0.717, 1.165) is 12.8 Å². The Hall–Kier alpha value is -0.570. The summed E-state index contributed by atoms with van der Waals surface area (Å²) in [6.45, 7) is 7.65. The van der Waals surface area contributed by atoms with Crippen LogP contribution in [0.3, 0.4) is 0 Å². The molecule has 1 atom stereocenters. The Kier molecular flexibility index (Phi) is 7.39. The Morgan fingerprint density at radius 3 is 2.38 bits per heavy atom. The molecule has 3 nitrogen and oxygen atoms in total. The summed E-state index contributed by atoms with van der Waals surface area (Å²) in [6, 6.07) is 0. The van der Waals surface area contributed by atoms with Crippen molar-refractivity contribution in [3.8, 4) is 0 Å². The molecule has 3 heteroatoms. The lowest BCUT2D eigenvalue weighted by Gasteiger charge is -2.20. The highest BCUT2D eigenvalue weighted by atomic mass is 16.6. The Morgan fingerprint density at radius 1 is 1.25 bits per heavy atom. The van der Waals surface area contributed by atoms with Gasteiger partial charge in [-0.15, -0.1) is 0 Å². The molecule has 0 saturated carbocycles. The van der Waals surface area contributed by atoms with Crippen molar-refractivity contribution in [3.05, 3.63) is 0 Å². The Bertz CT molecular complexity index is 194. The predicted molar refractivity (Wildman–Crippen MR) is 65.2 cm³/mol. The number of aliphatic hydroxyl groups excluding tert-OH is 1. The molecule has 96 valence electrons. The van der Waals surface area contributed by atoms with Crippen LogP contribution in [0.4, 0.5) is 0 Å². The van der Waals surface area contributed by atoms with Crippen LogP contribution in [0, 0.1) is 0 Å². The van der Waals surface area contributed by atoms with Crippen molar-refractivity contribution in [1.82, 2.24) is 0 Å². The Balaban J connectivity index is 3.62. The molecule has 0 rings (SSSR count). The zero-order valence-corrected chi connectivity index (χ0v) is 11.1. The van der Waals surface area contributed by atoms with Crippen molar-refractivity contribution in [1.29, 1.82) is 0 Å². The van der Waals surface area contributed by atoms with E-state index in [4.69, 9.17) is 4.74 Å². The average Bonchev–Trinajstić information content (AvgIpc) is 2.09. The first kappa shape index (κ1) is 15.4. The van der Waals surface area contributed by atoms with Crippen LogP contribution in [-0.2, 0) is 9.53 Å². The second kappa shape index (κ2) is 7.66. The van der Waals surface area contributed by atoms with Gasteiger partial charge in [0.25, 0.3) is 0 Å². The van der Waals surface area contributed by atoms with Crippen LogP contribution >= 0.6 is 0 Å². The summed E-state index contributed by atoms with van der Waals surface area (Å²) in [7, 11) is 0. The van der Waals surface area contributed by atoms with Crippen molar-refractivity contribution >= 4 is 5.97 Å². The summed E-state index contributed by atoms with van der Waals surface area (Å²) in [5.41, 5.74) is -0.459. The molecule has 0 bridgehead atoms. The minimum atomic E-state index is -0.549. The first-order valence-corrected chi connectivity index (χ1v) is 6.25. The lowest BCUT2D eigenvalue weighted by atomic mass is 10.1. The molecule has 0 heterocycles. The van der Waals surface area contributed by atoms with Crippen molar-refractivity contribution in [2.24, 2.45) is 0 Å². The van der Waals surface area contributed by atoms with E-state index in [1.807, 2.05) is 20.8 Å². The highest BCUT2D eigenvalue weighted by Crippen LogP contribution is 2.12. The smallest absolute Gasteiger partial charge is 0.308 e. The van der Waals surface area contributed by atoms with Crippen LogP contribution < -0.4 is 0 Å². The number of hydrogen-bond acceptors (Lipinski definition) is 3. The van der Waals surface area contributed by atoms with Gasteiger partial charge in [0, 0.05) is 0 Å². The van der Waals surface area contributed by atoms with E-state index in [2.05, 4.69) is 6.92 Å². The normalized spacial score (nSPS) is 13.6. The molecule has 0 fully saturated rings. The molecule has 0 amide bonds. The van der Waals surface area contributed by atoms with Gasteiger partial charge in [0.2, 0.25) is 0 Å². The summed E-state index contributed by atoms with van der Waals surface area (Å²) in [4.78, 5) is 11.4. The molecule has 0 aromatic carbocycles. The maximum absolute atomic E-state index is 11.4. The fraction of sp³-hybridized carbons (Fsp3) is 0.923. The van der Waals surface area contributed by atoms with Gasteiger partial charge in [-0.05, 0) is 27.2 Å². The number of ether oxygens (including phenoxy) is 1. The van der Waals surface area contributed by atoms with Gasteiger partial charge in [0.05, 0.1) is 12.5 Å². The van der Waals surface area contributed by atoms with Crippen LogP contribution in [0.5, 0.6) is 0 Å². The topological polar surface area (TPSA) is 46.5 Å². The first-order chi connectivity index (χ1) is 7.35. The summed E-state index contributed by atoms with van der Waals surface area (Å²) in [5, 5.41) is 9.61. The Labute approximate surface area is 99.2 Å². The molecule has 0 aromatic rings. The van der Waals surface area contributed by atoms with E-state index >= 15 is 0 Å². The largest absolute Gasteiger partial charge is 0.460 e. The number of hydrogen-bond donors (Lipinski definition) is 1. The lowest BCUT2D eigenvalue weighted by molar-refractivity contribution is -0.157. The fourth-order valence-electron chi connectivity index (χ4n) is 1.48. The molecular formula is C13H26O3. The number of esters is 1. The van der Waals surface area contributed by atoms with E-state index in [1.165, 1.54) is 12.8 Å². The fourth-order valence-corrected chi connectivity index (χ4v) is 1.48. The van der Waals surface area contributed by atoms with Crippen molar-refractivity contribution in [3.63, 3.8) is 0 Å². The highest BCUT2D eigenvalue weighted by Gasteiger charge is 2.18. The summed E-state index contributed by atoms with van der Waals surface area (Å²) in [5.74, 6) is -0.310. The summed E-state index contributed by atoms with van der Waals surface area (Å²) < 4.78 is 5.14. The molecule has 0 aliphatic carbocycles. The molecule has 0 aromatic heterocycles. The Morgan fingerprint density at radius 2 is 1.88 bits per heavy atom. The van der Waals surface area contributed by atoms with E-state index < -0.39 is 11.7 Å². The number of carbonyl (C=O) groups is 1. The number of rotatable bonds is 7. The monoisotopic (exact) mass is 230 g/mol. The second-order valence-corrected chi connectivity index (χ2v) is 5.29. The van der Waals surface area contributed by atoms with Crippen LogP contribution in [-0.4, -0.2) is 22.8 Å². The number of unbranched alkanes of at least 4 members (excludes halogenated alkanes) is 3. The SMILES string of the molecule is CCCCCCC(O)CC(=O)OC(C)(C)C. The average molecular weight is 230 g/mol. The van der Waals surface area contributed by atoms with E-state index in [9.17, 15) is 9.90 Å². The van der Waals surface area contributed by atoms with Crippen LogP contribution in [0.15, 0.2) is 0 Å². The van der Waals surface area contributed by atoms with Gasteiger partial charge in [-0.25, -0.2) is 0 Å².